The van der Waals surface area contributed by atoms with E-state index in [1.54, 1.807) is 0 Å². The van der Waals surface area contributed by atoms with Gasteiger partial charge < -0.3 is 10.5 Å². The minimum absolute atomic E-state index is 0.0352. The van der Waals surface area contributed by atoms with Crippen molar-refractivity contribution in [2.75, 3.05) is 7.11 Å². The van der Waals surface area contributed by atoms with E-state index < -0.39 is 11.5 Å². The van der Waals surface area contributed by atoms with Crippen molar-refractivity contribution in [2.45, 2.75) is 24.8 Å². The van der Waals surface area contributed by atoms with Crippen LogP contribution in [0.25, 0.3) is 0 Å². The summed E-state index contributed by atoms with van der Waals surface area (Å²) in [6.07, 6.45) is 1.01. The Morgan fingerprint density at radius 2 is 2.12 bits per heavy atom. The Kier molecular flexibility index (Phi) is 4.68. The number of methoxy groups -OCH3 is 1. The predicted molar refractivity (Wildman–Crippen MR) is 63.9 cm³/mol. The van der Waals surface area contributed by atoms with Gasteiger partial charge in [-0.15, -0.1) is 0 Å². The molecule has 0 heterocycles. The first kappa shape index (κ1) is 13.2. The number of carbonyl (C=O) groups is 1. The van der Waals surface area contributed by atoms with E-state index in [1.165, 1.54) is 7.11 Å². The van der Waals surface area contributed by atoms with Crippen LogP contribution in [0.15, 0.2) is 30.3 Å². The van der Waals surface area contributed by atoms with Crippen molar-refractivity contribution in [1.29, 1.82) is 5.26 Å². The molecule has 0 spiro atoms. The lowest BCUT2D eigenvalue weighted by atomic mass is 9.89. The lowest BCUT2D eigenvalue weighted by Crippen LogP contribution is -2.48. The Morgan fingerprint density at radius 1 is 1.47 bits per heavy atom. The molecule has 1 rings (SSSR count). The van der Waals surface area contributed by atoms with Crippen molar-refractivity contribution in [2.24, 2.45) is 5.73 Å². The molecular formula is C13H16N2O2. The number of carbonyl (C=O) groups excluding carboxylic acids is 1. The lowest BCUT2D eigenvalue weighted by Gasteiger charge is -2.23. The third-order valence-electron chi connectivity index (χ3n) is 2.69. The molecule has 0 aromatic heterocycles. The Balaban J connectivity index is 2.69. The zero-order chi connectivity index (χ0) is 12.7. The highest BCUT2D eigenvalue weighted by Crippen LogP contribution is 2.17. The summed E-state index contributed by atoms with van der Waals surface area (Å²) in [6.45, 7) is 0. The van der Waals surface area contributed by atoms with Crippen molar-refractivity contribution >= 4 is 5.97 Å². The van der Waals surface area contributed by atoms with Gasteiger partial charge >= 0.3 is 5.97 Å². The topological polar surface area (TPSA) is 76.1 Å². The average Bonchev–Trinajstić information content (AvgIpc) is 2.37. The largest absolute Gasteiger partial charge is 0.468 e. The van der Waals surface area contributed by atoms with Crippen LogP contribution in [-0.4, -0.2) is 18.6 Å². The van der Waals surface area contributed by atoms with Gasteiger partial charge in [0.2, 0.25) is 0 Å². The molecule has 2 N–H and O–H groups in total. The fourth-order valence-corrected chi connectivity index (χ4v) is 1.62. The number of benzene rings is 1. The van der Waals surface area contributed by atoms with Gasteiger partial charge in [0, 0.05) is 0 Å². The number of hydrogen-bond donors (Lipinski definition) is 1. The Morgan fingerprint density at radius 3 is 2.65 bits per heavy atom. The van der Waals surface area contributed by atoms with Gasteiger partial charge in [-0.1, -0.05) is 30.3 Å². The molecule has 0 aliphatic heterocycles. The van der Waals surface area contributed by atoms with Crippen molar-refractivity contribution in [1.82, 2.24) is 0 Å². The third-order valence-corrected chi connectivity index (χ3v) is 2.69. The monoisotopic (exact) mass is 232 g/mol. The first-order chi connectivity index (χ1) is 8.12. The van der Waals surface area contributed by atoms with Crippen LogP contribution in [0.2, 0.25) is 0 Å². The maximum absolute atomic E-state index is 11.5. The van der Waals surface area contributed by atoms with Gasteiger partial charge in [-0.3, -0.25) is 4.79 Å². The molecule has 17 heavy (non-hydrogen) atoms. The van der Waals surface area contributed by atoms with E-state index in [0.717, 1.165) is 5.56 Å². The van der Waals surface area contributed by atoms with Crippen molar-refractivity contribution in [3.05, 3.63) is 35.9 Å². The maximum atomic E-state index is 11.5. The Bertz CT molecular complexity index is 411. The molecule has 4 heteroatoms. The molecule has 0 saturated heterocycles. The smallest absolute Gasteiger partial charge is 0.326 e. The van der Waals surface area contributed by atoms with Gasteiger partial charge in [0.15, 0.2) is 0 Å². The number of rotatable bonds is 5. The van der Waals surface area contributed by atoms with E-state index >= 15 is 0 Å². The van der Waals surface area contributed by atoms with Crippen molar-refractivity contribution in [3.8, 4) is 6.07 Å². The predicted octanol–water partition coefficient (Wildman–Crippen LogP) is 1.40. The van der Waals surface area contributed by atoms with Crippen LogP contribution in [0.4, 0.5) is 0 Å². The SMILES string of the molecule is COC(=O)C(N)(CC#N)CCc1ccccc1. The van der Waals surface area contributed by atoms with Crippen LogP contribution in [0.5, 0.6) is 0 Å². The van der Waals surface area contributed by atoms with E-state index in [2.05, 4.69) is 4.74 Å². The number of nitriles is 1. The summed E-state index contributed by atoms with van der Waals surface area (Å²) in [4.78, 5) is 11.5. The summed E-state index contributed by atoms with van der Waals surface area (Å²) in [5.74, 6) is -0.532. The van der Waals surface area contributed by atoms with Crippen LogP contribution in [-0.2, 0) is 16.0 Å². The molecule has 1 unspecified atom stereocenters. The first-order valence-corrected chi connectivity index (χ1v) is 5.40. The highest BCUT2D eigenvalue weighted by molar-refractivity contribution is 5.80. The summed E-state index contributed by atoms with van der Waals surface area (Å²) >= 11 is 0. The van der Waals surface area contributed by atoms with Gasteiger partial charge in [-0.2, -0.15) is 5.26 Å². The summed E-state index contributed by atoms with van der Waals surface area (Å²) < 4.78 is 4.64. The number of hydrogen-bond acceptors (Lipinski definition) is 4. The van der Waals surface area contributed by atoms with Crippen LogP contribution < -0.4 is 5.73 Å². The van der Waals surface area contributed by atoms with Gasteiger partial charge in [0.1, 0.15) is 5.54 Å². The lowest BCUT2D eigenvalue weighted by molar-refractivity contribution is -0.147. The quantitative estimate of drug-likeness (QED) is 0.778. The highest BCUT2D eigenvalue weighted by Gasteiger charge is 2.34. The second kappa shape index (κ2) is 6.02. The van der Waals surface area contributed by atoms with E-state index in [1.807, 2.05) is 36.4 Å². The molecule has 1 atom stereocenters. The second-order valence-corrected chi connectivity index (χ2v) is 3.97. The fourth-order valence-electron chi connectivity index (χ4n) is 1.62. The molecule has 0 bridgehead atoms. The molecule has 0 fully saturated rings. The number of nitrogens with zero attached hydrogens (tertiary/aromatic N) is 1. The highest BCUT2D eigenvalue weighted by atomic mass is 16.5. The molecule has 0 aliphatic rings. The van der Waals surface area contributed by atoms with Gasteiger partial charge in [0.05, 0.1) is 19.6 Å². The summed E-state index contributed by atoms with van der Waals surface area (Å²) in [7, 11) is 1.28. The Hall–Kier alpha value is -1.86. The second-order valence-electron chi connectivity index (χ2n) is 3.97. The third kappa shape index (κ3) is 3.58. The zero-order valence-corrected chi connectivity index (χ0v) is 9.85. The van der Waals surface area contributed by atoms with E-state index in [-0.39, 0.29) is 6.42 Å². The summed E-state index contributed by atoms with van der Waals surface area (Å²) in [5.41, 5.74) is 5.79. The number of nitrogens with two attached hydrogens (primary N) is 1. The van der Waals surface area contributed by atoms with E-state index in [4.69, 9.17) is 11.0 Å². The van der Waals surface area contributed by atoms with Crippen molar-refractivity contribution in [3.63, 3.8) is 0 Å². The van der Waals surface area contributed by atoms with Gasteiger partial charge in [-0.25, -0.2) is 0 Å². The molecule has 0 saturated carbocycles. The normalized spacial score (nSPS) is 13.5. The molecule has 1 aromatic carbocycles. The molecule has 0 aliphatic carbocycles. The molecule has 90 valence electrons. The minimum atomic E-state index is -1.21. The van der Waals surface area contributed by atoms with Crippen LogP contribution in [0.1, 0.15) is 18.4 Å². The van der Waals surface area contributed by atoms with Gasteiger partial charge in [-0.05, 0) is 18.4 Å². The number of aryl methyl sites for hydroxylation is 1. The zero-order valence-electron chi connectivity index (χ0n) is 9.85. The first-order valence-electron chi connectivity index (χ1n) is 5.40. The summed E-state index contributed by atoms with van der Waals surface area (Å²) in [5, 5.41) is 8.71. The number of esters is 1. The Labute approximate surface area is 101 Å². The van der Waals surface area contributed by atoms with Crippen molar-refractivity contribution < 1.29 is 9.53 Å². The van der Waals surface area contributed by atoms with Gasteiger partial charge in [0.25, 0.3) is 0 Å². The minimum Gasteiger partial charge on any atom is -0.468 e. The molecule has 1 aromatic rings. The molecular weight excluding hydrogens is 216 g/mol. The van der Waals surface area contributed by atoms with E-state index in [0.29, 0.717) is 12.8 Å². The van der Waals surface area contributed by atoms with E-state index in [9.17, 15) is 4.79 Å². The van der Waals surface area contributed by atoms with Crippen LogP contribution in [0.3, 0.4) is 0 Å². The molecule has 0 amide bonds. The fraction of sp³-hybridized carbons (Fsp3) is 0.385. The summed E-state index contributed by atoms with van der Waals surface area (Å²) in [6, 6.07) is 11.6. The van der Waals surface area contributed by atoms with Crippen LogP contribution in [0, 0.1) is 11.3 Å². The standard InChI is InChI=1S/C13H16N2O2/c1-17-12(16)13(15,9-10-14)8-7-11-5-3-2-4-6-11/h2-6H,7-9,15H2,1H3. The molecule has 0 radical (unpaired) electrons. The van der Waals surface area contributed by atoms with Crippen LogP contribution >= 0.6 is 0 Å². The maximum Gasteiger partial charge on any atom is 0.326 e. The molecule has 4 nitrogen and oxygen atoms in total. The number of ether oxygens (including phenoxy) is 1. The average molecular weight is 232 g/mol.